The summed E-state index contributed by atoms with van der Waals surface area (Å²) in [6, 6.07) is 2.41. The number of aromatic nitrogens is 1. The van der Waals surface area contributed by atoms with Crippen molar-refractivity contribution >= 4 is 0 Å². The highest BCUT2D eigenvalue weighted by Crippen LogP contribution is 1.96. The van der Waals surface area contributed by atoms with Crippen molar-refractivity contribution in [3.05, 3.63) is 24.0 Å². The third-order valence-corrected chi connectivity index (χ3v) is 2.00. The van der Waals surface area contributed by atoms with Gasteiger partial charge in [-0.2, -0.15) is 0 Å². The molecule has 0 fully saturated rings. The molecule has 0 aliphatic heterocycles. The molecule has 4 N–H and O–H groups in total. The van der Waals surface area contributed by atoms with Gasteiger partial charge >= 0.3 is 0 Å². The fourth-order valence-electron chi connectivity index (χ4n) is 1.25. The summed E-state index contributed by atoms with van der Waals surface area (Å²) in [6.07, 6.45) is 6.21. The zero-order valence-electron chi connectivity index (χ0n) is 8.22. The first-order chi connectivity index (χ1) is 6.29. The van der Waals surface area contributed by atoms with Crippen molar-refractivity contribution < 1.29 is 0 Å². The molecule has 1 rings (SSSR count). The van der Waals surface area contributed by atoms with Gasteiger partial charge in [-0.1, -0.05) is 0 Å². The Morgan fingerprint density at radius 2 is 2.46 bits per heavy atom. The summed E-state index contributed by atoms with van der Waals surface area (Å²) in [7, 11) is 0. The zero-order chi connectivity index (χ0) is 9.52. The molecule has 13 heavy (non-hydrogen) atoms. The Bertz CT molecular complexity index is 204. The molecule has 0 spiro atoms. The van der Waals surface area contributed by atoms with E-state index in [1.165, 1.54) is 5.56 Å². The number of aromatic amines is 1. The van der Waals surface area contributed by atoms with Gasteiger partial charge in [0.15, 0.2) is 0 Å². The predicted molar refractivity (Wildman–Crippen MR) is 55.4 cm³/mol. The van der Waals surface area contributed by atoms with Crippen molar-refractivity contribution in [3.8, 4) is 0 Å². The van der Waals surface area contributed by atoms with Gasteiger partial charge in [0.2, 0.25) is 0 Å². The second-order valence-corrected chi connectivity index (χ2v) is 3.52. The Morgan fingerprint density at radius 1 is 1.62 bits per heavy atom. The average molecular weight is 181 g/mol. The Kier molecular flexibility index (Phi) is 4.57. The van der Waals surface area contributed by atoms with Crippen LogP contribution >= 0.6 is 0 Å². The molecule has 1 unspecified atom stereocenters. The normalized spacial score (nSPS) is 13.1. The summed E-state index contributed by atoms with van der Waals surface area (Å²) in [5, 5.41) is 3.37. The molecule has 0 aromatic carbocycles. The molecule has 0 radical (unpaired) electrons. The Morgan fingerprint density at radius 3 is 3.08 bits per heavy atom. The smallest absolute Gasteiger partial charge is 0.0220 e. The minimum atomic E-state index is 0.328. The summed E-state index contributed by atoms with van der Waals surface area (Å²) in [4.78, 5) is 3.03. The molecule has 1 atom stereocenters. The Labute approximate surface area is 79.7 Å². The van der Waals surface area contributed by atoms with Crippen molar-refractivity contribution in [2.45, 2.75) is 32.4 Å². The number of hydrogen-bond acceptors (Lipinski definition) is 2. The molecule has 0 saturated heterocycles. The third-order valence-electron chi connectivity index (χ3n) is 2.00. The van der Waals surface area contributed by atoms with E-state index in [9.17, 15) is 0 Å². The second-order valence-electron chi connectivity index (χ2n) is 3.52. The van der Waals surface area contributed by atoms with Gasteiger partial charge in [0.25, 0.3) is 0 Å². The molecular formula is C10H19N3. The highest BCUT2D eigenvalue weighted by atomic mass is 14.9. The van der Waals surface area contributed by atoms with Crippen LogP contribution in [-0.4, -0.2) is 17.6 Å². The highest BCUT2D eigenvalue weighted by Gasteiger charge is 1.94. The quantitative estimate of drug-likeness (QED) is 0.578. The number of rotatable bonds is 6. The monoisotopic (exact) mass is 181 g/mol. The Balaban J connectivity index is 1.96. The summed E-state index contributed by atoms with van der Waals surface area (Å²) in [6.45, 7) is 4.04. The van der Waals surface area contributed by atoms with Crippen LogP contribution in [0, 0.1) is 0 Å². The van der Waals surface area contributed by atoms with E-state index in [4.69, 9.17) is 5.73 Å². The van der Waals surface area contributed by atoms with Crippen LogP contribution in [0.2, 0.25) is 0 Å². The van der Waals surface area contributed by atoms with Crippen molar-refractivity contribution in [1.29, 1.82) is 0 Å². The molecule has 3 nitrogen and oxygen atoms in total. The van der Waals surface area contributed by atoms with Gasteiger partial charge in [-0.15, -0.1) is 0 Å². The molecule has 1 heterocycles. The van der Waals surface area contributed by atoms with E-state index in [0.717, 1.165) is 25.9 Å². The third kappa shape index (κ3) is 4.70. The maximum atomic E-state index is 5.64. The molecule has 0 aliphatic carbocycles. The molecule has 0 amide bonds. The van der Waals surface area contributed by atoms with E-state index in [2.05, 4.69) is 16.4 Å². The van der Waals surface area contributed by atoms with E-state index in [1.54, 1.807) is 0 Å². The van der Waals surface area contributed by atoms with Crippen molar-refractivity contribution in [2.75, 3.05) is 6.54 Å². The van der Waals surface area contributed by atoms with E-state index in [0.29, 0.717) is 6.04 Å². The van der Waals surface area contributed by atoms with Crippen LogP contribution in [-0.2, 0) is 6.54 Å². The largest absolute Gasteiger partial charge is 0.367 e. The number of hydrogen-bond donors (Lipinski definition) is 3. The van der Waals surface area contributed by atoms with Crippen LogP contribution < -0.4 is 11.1 Å². The van der Waals surface area contributed by atoms with E-state index in [-0.39, 0.29) is 0 Å². The first kappa shape index (κ1) is 10.3. The zero-order valence-corrected chi connectivity index (χ0v) is 8.22. The van der Waals surface area contributed by atoms with Crippen LogP contribution in [0.15, 0.2) is 18.5 Å². The lowest BCUT2D eigenvalue weighted by molar-refractivity contribution is 0.575. The van der Waals surface area contributed by atoms with Crippen LogP contribution in [0.25, 0.3) is 0 Å². The molecule has 3 heteroatoms. The van der Waals surface area contributed by atoms with Gasteiger partial charge in [0.1, 0.15) is 0 Å². The lowest BCUT2D eigenvalue weighted by Crippen LogP contribution is -2.19. The summed E-state index contributed by atoms with van der Waals surface area (Å²) >= 11 is 0. The van der Waals surface area contributed by atoms with E-state index >= 15 is 0 Å². The molecule has 74 valence electrons. The molecule has 0 bridgehead atoms. The standard InChI is InChI=1S/C10H19N3/c1-9(11)3-2-5-12-7-10-4-6-13-8-10/h4,6,8-9,12-13H,2-3,5,7,11H2,1H3. The van der Waals surface area contributed by atoms with Crippen LogP contribution in [0.1, 0.15) is 25.3 Å². The summed E-state index contributed by atoms with van der Waals surface area (Å²) in [5.74, 6) is 0. The van der Waals surface area contributed by atoms with E-state index < -0.39 is 0 Å². The maximum absolute atomic E-state index is 5.64. The SMILES string of the molecule is CC(N)CCCNCc1cc[nH]c1. The predicted octanol–water partition coefficient (Wildman–Crippen LogP) is 1.23. The first-order valence-corrected chi connectivity index (χ1v) is 4.87. The summed E-state index contributed by atoms with van der Waals surface area (Å²) in [5.41, 5.74) is 6.94. The van der Waals surface area contributed by atoms with Gasteiger partial charge in [0, 0.05) is 25.0 Å². The second kappa shape index (κ2) is 5.78. The fraction of sp³-hybridized carbons (Fsp3) is 0.600. The fourth-order valence-corrected chi connectivity index (χ4v) is 1.25. The van der Waals surface area contributed by atoms with Gasteiger partial charge in [0.05, 0.1) is 0 Å². The van der Waals surface area contributed by atoms with Crippen molar-refractivity contribution in [1.82, 2.24) is 10.3 Å². The van der Waals surface area contributed by atoms with Crippen molar-refractivity contribution in [3.63, 3.8) is 0 Å². The molecule has 0 saturated carbocycles. The minimum absolute atomic E-state index is 0.328. The lowest BCUT2D eigenvalue weighted by atomic mass is 10.2. The van der Waals surface area contributed by atoms with Gasteiger partial charge in [-0.3, -0.25) is 0 Å². The number of H-pyrrole nitrogens is 1. The topological polar surface area (TPSA) is 53.8 Å². The van der Waals surface area contributed by atoms with Crippen LogP contribution in [0.5, 0.6) is 0 Å². The van der Waals surface area contributed by atoms with Gasteiger partial charge < -0.3 is 16.0 Å². The average Bonchev–Trinajstić information content (AvgIpc) is 2.55. The molecule has 1 aromatic rings. The van der Waals surface area contributed by atoms with Crippen LogP contribution in [0.4, 0.5) is 0 Å². The van der Waals surface area contributed by atoms with E-state index in [1.807, 2.05) is 19.3 Å². The van der Waals surface area contributed by atoms with Crippen molar-refractivity contribution in [2.24, 2.45) is 5.73 Å². The minimum Gasteiger partial charge on any atom is -0.367 e. The van der Waals surface area contributed by atoms with Crippen LogP contribution in [0.3, 0.4) is 0 Å². The number of nitrogens with two attached hydrogens (primary N) is 1. The summed E-state index contributed by atoms with van der Waals surface area (Å²) < 4.78 is 0. The van der Waals surface area contributed by atoms with Gasteiger partial charge in [-0.25, -0.2) is 0 Å². The highest BCUT2D eigenvalue weighted by molar-refractivity contribution is 5.07. The maximum Gasteiger partial charge on any atom is 0.0220 e. The molecular weight excluding hydrogens is 162 g/mol. The molecule has 1 aromatic heterocycles. The Hall–Kier alpha value is -0.800. The van der Waals surface area contributed by atoms with Gasteiger partial charge in [-0.05, 0) is 37.9 Å². The number of nitrogens with one attached hydrogen (secondary N) is 2. The lowest BCUT2D eigenvalue weighted by Gasteiger charge is -2.05. The first-order valence-electron chi connectivity index (χ1n) is 4.87. The molecule has 0 aliphatic rings.